The van der Waals surface area contributed by atoms with Gasteiger partial charge in [0.15, 0.2) is 23.0 Å². The van der Waals surface area contributed by atoms with Gasteiger partial charge in [0, 0.05) is 34.5 Å². The van der Waals surface area contributed by atoms with Crippen LogP contribution in [-0.2, 0) is 0 Å². The van der Waals surface area contributed by atoms with Crippen molar-refractivity contribution in [2.45, 2.75) is 12.8 Å². The predicted octanol–water partition coefficient (Wildman–Crippen LogP) is 7.81. The molecule has 2 aromatic rings. The summed E-state index contributed by atoms with van der Waals surface area (Å²) < 4.78 is 18.3. The van der Waals surface area contributed by atoms with Crippen molar-refractivity contribution in [1.82, 2.24) is 0 Å². The molecule has 0 N–H and O–H groups in total. The van der Waals surface area contributed by atoms with Gasteiger partial charge in [-0.3, -0.25) is 0 Å². The number of hydrogen-bond donors (Lipinski definition) is 2. The number of benzene rings is 2. The van der Waals surface area contributed by atoms with E-state index in [2.05, 4.69) is 25.3 Å². The lowest BCUT2D eigenvalue weighted by Crippen LogP contribution is -2.02. The zero-order chi connectivity index (χ0) is 24.8. The fraction of sp³-hybridized carbons (Fsp3) is 0.538. The average molecular weight is 591 g/mol. The highest BCUT2D eigenvalue weighted by atomic mass is 32.2. The van der Waals surface area contributed by atoms with Gasteiger partial charge in [-0.15, -0.1) is 0 Å². The van der Waals surface area contributed by atoms with Crippen molar-refractivity contribution in [2.24, 2.45) is 0 Å². The van der Waals surface area contributed by atoms with Crippen molar-refractivity contribution in [3.8, 4) is 23.0 Å². The van der Waals surface area contributed by atoms with Crippen LogP contribution < -0.4 is 14.2 Å². The van der Waals surface area contributed by atoms with Crippen LogP contribution in [0.15, 0.2) is 48.5 Å². The number of hydrogen-bond acceptors (Lipinski definition) is 9. The van der Waals surface area contributed by atoms with Crippen molar-refractivity contribution in [1.29, 1.82) is 0 Å². The van der Waals surface area contributed by atoms with Crippen LogP contribution in [0.1, 0.15) is 12.8 Å². The van der Waals surface area contributed by atoms with E-state index < -0.39 is 0 Å². The fourth-order valence-electron chi connectivity index (χ4n) is 2.89. The van der Waals surface area contributed by atoms with Crippen molar-refractivity contribution in [3.05, 3.63) is 48.5 Å². The van der Waals surface area contributed by atoms with Crippen molar-refractivity contribution in [3.63, 3.8) is 0 Å². The second kappa shape index (κ2) is 22.0. The molecule has 2 rings (SSSR count). The van der Waals surface area contributed by atoms with Gasteiger partial charge >= 0.3 is 0 Å². The highest BCUT2D eigenvalue weighted by Gasteiger charge is 2.10. The van der Waals surface area contributed by atoms with Gasteiger partial charge in [0.25, 0.3) is 0 Å². The summed E-state index contributed by atoms with van der Waals surface area (Å²) in [7, 11) is 0. The molecule has 2 aromatic carbocycles. The Hall–Kier alpha value is -0.0600. The minimum absolute atomic E-state index is 0.681. The second-order valence-corrected chi connectivity index (χ2v) is 13.1. The van der Waals surface area contributed by atoms with Crippen LogP contribution in [0.2, 0.25) is 0 Å². The van der Waals surface area contributed by atoms with Gasteiger partial charge in [-0.1, -0.05) is 24.3 Å². The lowest BCUT2D eigenvalue weighted by Gasteiger charge is -2.15. The van der Waals surface area contributed by atoms with Crippen LogP contribution in [-0.4, -0.2) is 70.7 Å². The van der Waals surface area contributed by atoms with Gasteiger partial charge in [0.1, 0.15) is 0 Å². The molecule has 196 valence electrons. The summed E-state index contributed by atoms with van der Waals surface area (Å²) in [6.45, 7) is 1.36. The summed E-state index contributed by atoms with van der Waals surface area (Å²) in [4.78, 5) is 0. The number of para-hydroxylation sites is 4. The van der Waals surface area contributed by atoms with E-state index in [1.807, 2.05) is 95.6 Å². The van der Waals surface area contributed by atoms with Crippen LogP contribution in [0.5, 0.6) is 23.0 Å². The maximum Gasteiger partial charge on any atom is 0.169 e. The molecular weight excluding hydrogens is 553 g/mol. The Bertz CT molecular complexity index is 717. The molecule has 0 unspecified atom stereocenters. The number of thioether (sulfide) groups is 4. The van der Waals surface area contributed by atoms with Gasteiger partial charge < -0.3 is 14.2 Å². The molecular formula is C26H38O3S6. The molecule has 0 fully saturated rings. The summed E-state index contributed by atoms with van der Waals surface area (Å²) in [5.41, 5.74) is 0. The van der Waals surface area contributed by atoms with Gasteiger partial charge in [0.05, 0.1) is 13.2 Å². The second-order valence-electron chi connectivity index (χ2n) is 7.30. The topological polar surface area (TPSA) is 27.7 Å². The number of ether oxygens (including phenoxy) is 3. The van der Waals surface area contributed by atoms with Gasteiger partial charge in [-0.25, -0.2) is 0 Å². The zero-order valence-electron chi connectivity index (χ0n) is 20.3. The third kappa shape index (κ3) is 15.1. The van der Waals surface area contributed by atoms with E-state index in [0.29, 0.717) is 24.7 Å². The van der Waals surface area contributed by atoms with E-state index >= 15 is 0 Å². The van der Waals surface area contributed by atoms with E-state index in [-0.39, 0.29) is 0 Å². The molecule has 0 aliphatic rings. The Morgan fingerprint density at radius 3 is 1.26 bits per heavy atom. The Balaban J connectivity index is 1.71. The van der Waals surface area contributed by atoms with Crippen molar-refractivity contribution >= 4 is 72.3 Å². The predicted molar refractivity (Wildman–Crippen MR) is 170 cm³/mol. The molecule has 0 amide bonds. The summed E-state index contributed by atoms with van der Waals surface area (Å²) in [5, 5.41) is 0. The summed E-state index contributed by atoms with van der Waals surface area (Å²) >= 11 is 16.4. The molecule has 0 heterocycles. The zero-order valence-corrected chi connectivity index (χ0v) is 25.3. The van der Waals surface area contributed by atoms with Crippen molar-refractivity contribution < 1.29 is 14.2 Å². The Morgan fingerprint density at radius 2 is 0.857 bits per heavy atom. The highest BCUT2D eigenvalue weighted by Crippen LogP contribution is 2.36. The third-order valence-corrected chi connectivity index (χ3v) is 10.2. The van der Waals surface area contributed by atoms with Crippen LogP contribution in [0, 0.1) is 0 Å². The Labute approximate surface area is 240 Å². The maximum atomic E-state index is 6.23. The highest BCUT2D eigenvalue weighted by molar-refractivity contribution is 8.03. The molecule has 0 aliphatic heterocycles. The van der Waals surface area contributed by atoms with E-state index in [1.54, 1.807) is 0 Å². The fourth-order valence-corrected chi connectivity index (χ4v) is 7.26. The standard InChI is InChI=1S/C26H38O3S6/c30-13-17-34-21-19-32-15-5-11-27-23-7-1-3-9-25(23)29-26-10-4-2-8-24(26)28-12-6-16-33-20-22-35-18-14-31/h1-4,7-10,30-31H,5-6,11-22H2. The van der Waals surface area contributed by atoms with E-state index in [4.69, 9.17) is 14.2 Å². The first-order valence-corrected chi connectivity index (χ1v) is 17.9. The number of thiol groups is 2. The molecule has 0 bridgehead atoms. The lowest BCUT2D eigenvalue weighted by molar-refractivity contribution is 0.289. The van der Waals surface area contributed by atoms with E-state index in [0.717, 1.165) is 58.9 Å². The summed E-state index contributed by atoms with van der Waals surface area (Å²) in [6.07, 6.45) is 2.03. The van der Waals surface area contributed by atoms with Gasteiger partial charge in [-0.2, -0.15) is 72.3 Å². The Morgan fingerprint density at radius 1 is 0.486 bits per heavy atom. The average Bonchev–Trinajstić information content (AvgIpc) is 2.88. The maximum absolute atomic E-state index is 6.23. The molecule has 3 nitrogen and oxygen atoms in total. The molecule has 0 aromatic heterocycles. The molecule has 35 heavy (non-hydrogen) atoms. The SMILES string of the molecule is SCCSCCSCCCOc1ccccc1Oc1ccccc1OCCCSCCSCCS. The lowest BCUT2D eigenvalue weighted by atomic mass is 10.3. The third-order valence-electron chi connectivity index (χ3n) is 4.51. The minimum atomic E-state index is 0.681. The quantitative estimate of drug-likeness (QED) is 0.107. The molecule has 0 saturated heterocycles. The monoisotopic (exact) mass is 590 g/mol. The van der Waals surface area contributed by atoms with Crippen LogP contribution in [0.3, 0.4) is 0 Å². The van der Waals surface area contributed by atoms with Gasteiger partial charge in [0.2, 0.25) is 0 Å². The minimum Gasteiger partial charge on any atom is -0.490 e. The summed E-state index contributed by atoms with van der Waals surface area (Å²) in [6, 6.07) is 15.7. The largest absolute Gasteiger partial charge is 0.490 e. The number of rotatable bonds is 22. The summed E-state index contributed by atoms with van der Waals surface area (Å²) in [5.74, 6) is 14.1. The Kier molecular flexibility index (Phi) is 19.6. The molecule has 0 atom stereocenters. The van der Waals surface area contributed by atoms with Crippen LogP contribution in [0.25, 0.3) is 0 Å². The van der Waals surface area contributed by atoms with Gasteiger partial charge in [-0.05, 0) is 60.1 Å². The van der Waals surface area contributed by atoms with Crippen molar-refractivity contribution in [2.75, 3.05) is 70.7 Å². The van der Waals surface area contributed by atoms with Crippen LogP contribution in [0.4, 0.5) is 0 Å². The van der Waals surface area contributed by atoms with Crippen LogP contribution >= 0.6 is 72.3 Å². The first kappa shape index (κ1) is 31.2. The molecule has 0 saturated carbocycles. The molecule has 0 radical (unpaired) electrons. The smallest absolute Gasteiger partial charge is 0.169 e. The first-order chi connectivity index (χ1) is 17.3. The molecule has 9 heteroatoms. The molecule has 0 spiro atoms. The molecule has 0 aliphatic carbocycles. The normalized spacial score (nSPS) is 10.9. The van der Waals surface area contributed by atoms with E-state index in [1.165, 1.54) is 23.0 Å². The van der Waals surface area contributed by atoms with E-state index in [9.17, 15) is 0 Å². The first-order valence-electron chi connectivity index (χ1n) is 12.0.